The number of nitrogens with zero attached hydrogens (tertiary/aromatic N) is 1. The molecule has 4 nitrogen and oxygen atoms in total. The molecule has 2 N–H and O–H groups in total. The van der Waals surface area contributed by atoms with Gasteiger partial charge in [-0.05, 0) is 30.0 Å². The summed E-state index contributed by atoms with van der Waals surface area (Å²) >= 11 is 1.55. The molecule has 0 bridgehead atoms. The summed E-state index contributed by atoms with van der Waals surface area (Å²) in [6.45, 7) is 2.77. The van der Waals surface area contributed by atoms with Crippen LogP contribution in [0.25, 0.3) is 0 Å². The molecular weight excluding hydrogens is 272 g/mol. The normalized spacial score (nSPS) is 11.7. The van der Waals surface area contributed by atoms with Gasteiger partial charge in [0.05, 0.1) is 17.4 Å². The predicted molar refractivity (Wildman–Crippen MR) is 81.2 cm³/mol. The standard InChI is InChI=1S/C15H20N2O2S/c1-12(6-7-18)9-17-15(19)11-20-10-14-4-2-13(8-16)3-5-14/h2-5,12,18H,6-7,9-11H2,1H3,(H,17,19). The minimum Gasteiger partial charge on any atom is -0.396 e. The molecule has 0 fully saturated rings. The van der Waals surface area contributed by atoms with Crippen LogP contribution in [0.15, 0.2) is 24.3 Å². The van der Waals surface area contributed by atoms with Crippen molar-refractivity contribution < 1.29 is 9.90 Å². The van der Waals surface area contributed by atoms with E-state index in [0.717, 1.165) is 11.3 Å². The van der Waals surface area contributed by atoms with Crippen LogP contribution >= 0.6 is 11.8 Å². The molecule has 1 atom stereocenters. The quantitative estimate of drug-likeness (QED) is 0.768. The molecule has 0 aromatic heterocycles. The number of rotatable bonds is 8. The average molecular weight is 292 g/mol. The van der Waals surface area contributed by atoms with E-state index >= 15 is 0 Å². The van der Waals surface area contributed by atoms with Gasteiger partial charge in [-0.3, -0.25) is 4.79 Å². The number of nitriles is 1. The Morgan fingerprint density at radius 2 is 2.15 bits per heavy atom. The number of aliphatic hydroxyl groups is 1. The molecule has 0 saturated heterocycles. The van der Waals surface area contributed by atoms with Gasteiger partial charge in [-0.15, -0.1) is 11.8 Å². The van der Waals surface area contributed by atoms with Gasteiger partial charge in [0.15, 0.2) is 0 Å². The van der Waals surface area contributed by atoms with Crippen molar-refractivity contribution in [3.05, 3.63) is 35.4 Å². The van der Waals surface area contributed by atoms with E-state index in [2.05, 4.69) is 11.4 Å². The fourth-order valence-corrected chi connectivity index (χ4v) is 2.42. The Balaban J connectivity index is 2.19. The molecule has 1 aromatic rings. The van der Waals surface area contributed by atoms with Crippen LogP contribution in [-0.2, 0) is 10.5 Å². The first-order valence-electron chi connectivity index (χ1n) is 6.60. The highest BCUT2D eigenvalue weighted by molar-refractivity contribution is 7.99. The second-order valence-electron chi connectivity index (χ2n) is 4.72. The van der Waals surface area contributed by atoms with Crippen molar-refractivity contribution in [1.29, 1.82) is 5.26 Å². The zero-order chi connectivity index (χ0) is 14.8. The summed E-state index contributed by atoms with van der Waals surface area (Å²) in [7, 11) is 0. The van der Waals surface area contributed by atoms with E-state index in [1.54, 1.807) is 23.9 Å². The second kappa shape index (κ2) is 9.40. The molecule has 0 heterocycles. The Bertz CT molecular complexity index is 454. The van der Waals surface area contributed by atoms with Gasteiger partial charge in [0, 0.05) is 18.9 Å². The maximum atomic E-state index is 11.6. The second-order valence-corrected chi connectivity index (χ2v) is 5.71. The van der Waals surface area contributed by atoms with Crippen molar-refractivity contribution in [1.82, 2.24) is 5.32 Å². The molecule has 1 unspecified atom stereocenters. The molecule has 0 radical (unpaired) electrons. The topological polar surface area (TPSA) is 73.1 Å². The predicted octanol–water partition coefficient (Wildman–Crippen LogP) is 1.93. The fourth-order valence-electron chi connectivity index (χ4n) is 1.60. The lowest BCUT2D eigenvalue weighted by atomic mass is 10.1. The van der Waals surface area contributed by atoms with Crippen LogP contribution in [0.1, 0.15) is 24.5 Å². The van der Waals surface area contributed by atoms with E-state index in [1.807, 2.05) is 19.1 Å². The van der Waals surface area contributed by atoms with Gasteiger partial charge in [-0.2, -0.15) is 5.26 Å². The van der Waals surface area contributed by atoms with Crippen molar-refractivity contribution in [3.63, 3.8) is 0 Å². The highest BCUT2D eigenvalue weighted by Crippen LogP contribution is 2.12. The summed E-state index contributed by atoms with van der Waals surface area (Å²) in [5.74, 6) is 1.50. The van der Waals surface area contributed by atoms with Crippen LogP contribution in [0.5, 0.6) is 0 Å². The maximum absolute atomic E-state index is 11.6. The third-order valence-corrected chi connectivity index (χ3v) is 3.86. The van der Waals surface area contributed by atoms with Crippen molar-refractivity contribution in [2.75, 3.05) is 18.9 Å². The molecule has 0 spiro atoms. The summed E-state index contributed by atoms with van der Waals surface area (Å²) in [5.41, 5.74) is 1.75. The summed E-state index contributed by atoms with van der Waals surface area (Å²) in [5, 5.41) is 20.3. The SMILES string of the molecule is CC(CCO)CNC(=O)CSCc1ccc(C#N)cc1. The molecule has 1 rings (SSSR count). The molecule has 108 valence electrons. The lowest BCUT2D eigenvalue weighted by Gasteiger charge is -2.10. The Labute approximate surface area is 124 Å². The van der Waals surface area contributed by atoms with Gasteiger partial charge < -0.3 is 10.4 Å². The summed E-state index contributed by atoms with van der Waals surface area (Å²) in [6.07, 6.45) is 0.707. The number of carbonyl (C=O) groups excluding carboxylic acids is 1. The summed E-state index contributed by atoms with van der Waals surface area (Å²) in [4.78, 5) is 11.6. The van der Waals surface area contributed by atoms with Crippen molar-refractivity contribution in [2.24, 2.45) is 5.92 Å². The molecule has 1 amide bonds. The third-order valence-electron chi connectivity index (χ3n) is 2.85. The third kappa shape index (κ3) is 6.60. The largest absolute Gasteiger partial charge is 0.396 e. The Hall–Kier alpha value is -1.51. The Morgan fingerprint density at radius 1 is 1.45 bits per heavy atom. The van der Waals surface area contributed by atoms with Crippen LogP contribution in [0.3, 0.4) is 0 Å². The molecule has 0 aliphatic heterocycles. The summed E-state index contributed by atoms with van der Waals surface area (Å²) in [6, 6.07) is 9.46. The number of carbonyl (C=O) groups is 1. The number of thioether (sulfide) groups is 1. The summed E-state index contributed by atoms with van der Waals surface area (Å²) < 4.78 is 0. The number of aliphatic hydroxyl groups excluding tert-OH is 1. The van der Waals surface area contributed by atoms with E-state index in [4.69, 9.17) is 10.4 Å². The smallest absolute Gasteiger partial charge is 0.230 e. The number of benzene rings is 1. The van der Waals surface area contributed by atoms with Gasteiger partial charge in [-0.1, -0.05) is 19.1 Å². The van der Waals surface area contributed by atoms with Gasteiger partial charge in [0.2, 0.25) is 5.91 Å². The number of hydrogen-bond acceptors (Lipinski definition) is 4. The van der Waals surface area contributed by atoms with E-state index in [0.29, 0.717) is 30.2 Å². The zero-order valence-corrected chi connectivity index (χ0v) is 12.4. The van der Waals surface area contributed by atoms with Crippen LogP contribution < -0.4 is 5.32 Å². The highest BCUT2D eigenvalue weighted by atomic mass is 32.2. The van der Waals surface area contributed by atoms with Gasteiger partial charge in [-0.25, -0.2) is 0 Å². The molecule has 5 heteroatoms. The Kier molecular flexibility index (Phi) is 7.78. The number of amides is 1. The maximum Gasteiger partial charge on any atom is 0.230 e. The van der Waals surface area contributed by atoms with E-state index in [1.165, 1.54) is 0 Å². The highest BCUT2D eigenvalue weighted by Gasteiger charge is 2.05. The minimum atomic E-state index is 0.0217. The van der Waals surface area contributed by atoms with Crippen LogP contribution in [-0.4, -0.2) is 29.9 Å². The van der Waals surface area contributed by atoms with E-state index in [-0.39, 0.29) is 12.5 Å². The zero-order valence-electron chi connectivity index (χ0n) is 11.6. The van der Waals surface area contributed by atoms with Gasteiger partial charge in [0.25, 0.3) is 0 Å². The first kappa shape index (κ1) is 16.5. The van der Waals surface area contributed by atoms with Crippen molar-refractivity contribution >= 4 is 17.7 Å². The monoisotopic (exact) mass is 292 g/mol. The molecule has 0 aliphatic rings. The minimum absolute atomic E-state index is 0.0217. The number of hydrogen-bond donors (Lipinski definition) is 2. The lowest BCUT2D eigenvalue weighted by Crippen LogP contribution is -2.30. The van der Waals surface area contributed by atoms with E-state index in [9.17, 15) is 4.79 Å². The van der Waals surface area contributed by atoms with Crippen molar-refractivity contribution in [3.8, 4) is 6.07 Å². The van der Waals surface area contributed by atoms with Crippen molar-refractivity contribution in [2.45, 2.75) is 19.1 Å². The van der Waals surface area contributed by atoms with Crippen LogP contribution in [0.2, 0.25) is 0 Å². The van der Waals surface area contributed by atoms with Gasteiger partial charge in [0.1, 0.15) is 0 Å². The molecule has 0 aliphatic carbocycles. The van der Waals surface area contributed by atoms with E-state index < -0.39 is 0 Å². The first-order valence-corrected chi connectivity index (χ1v) is 7.75. The lowest BCUT2D eigenvalue weighted by molar-refractivity contribution is -0.118. The molecule has 1 aromatic carbocycles. The fraction of sp³-hybridized carbons (Fsp3) is 0.467. The van der Waals surface area contributed by atoms with Gasteiger partial charge >= 0.3 is 0 Å². The first-order chi connectivity index (χ1) is 9.65. The number of nitrogens with one attached hydrogen (secondary N) is 1. The Morgan fingerprint density at radius 3 is 2.75 bits per heavy atom. The van der Waals surface area contributed by atoms with Crippen LogP contribution in [0.4, 0.5) is 0 Å². The van der Waals surface area contributed by atoms with Crippen LogP contribution in [0, 0.1) is 17.2 Å². The molecule has 20 heavy (non-hydrogen) atoms. The molecule has 0 saturated carbocycles. The molecular formula is C15H20N2O2S. The average Bonchev–Trinajstić information content (AvgIpc) is 2.46.